The van der Waals surface area contributed by atoms with Gasteiger partial charge in [0.05, 0.1) is 6.61 Å². The SMILES string of the molecule is OCC1OC(O)C(Cl)[C@H](O)[C@@H]1O. The molecule has 1 aliphatic heterocycles. The molecular formula is C6H11ClO5. The van der Waals surface area contributed by atoms with Gasteiger partial charge < -0.3 is 25.2 Å². The van der Waals surface area contributed by atoms with Crippen molar-refractivity contribution < 1.29 is 25.2 Å². The lowest BCUT2D eigenvalue weighted by Gasteiger charge is -2.37. The Kier molecular flexibility index (Phi) is 3.28. The fourth-order valence-electron chi connectivity index (χ4n) is 1.06. The molecule has 12 heavy (non-hydrogen) atoms. The van der Waals surface area contributed by atoms with Gasteiger partial charge in [0.15, 0.2) is 6.29 Å². The number of hydrogen-bond acceptors (Lipinski definition) is 5. The van der Waals surface area contributed by atoms with Crippen LogP contribution in [-0.2, 0) is 4.74 Å². The molecule has 0 aromatic rings. The molecule has 5 atom stereocenters. The molecule has 4 N–H and O–H groups in total. The average Bonchev–Trinajstić information content (AvgIpc) is 2.08. The van der Waals surface area contributed by atoms with Crippen molar-refractivity contribution in [1.29, 1.82) is 0 Å². The van der Waals surface area contributed by atoms with E-state index in [1.165, 1.54) is 0 Å². The molecular weight excluding hydrogens is 188 g/mol. The lowest BCUT2D eigenvalue weighted by atomic mass is 10.0. The third-order valence-corrected chi connectivity index (χ3v) is 2.30. The number of hydrogen-bond donors (Lipinski definition) is 4. The number of ether oxygens (including phenoxy) is 1. The van der Waals surface area contributed by atoms with Crippen LogP contribution in [0.4, 0.5) is 0 Å². The molecule has 1 fully saturated rings. The number of aliphatic hydroxyl groups is 4. The summed E-state index contributed by atoms with van der Waals surface area (Å²) in [5.41, 5.74) is 0. The fraction of sp³-hybridized carbons (Fsp3) is 1.00. The number of alkyl halides is 1. The molecule has 1 saturated heterocycles. The Bertz CT molecular complexity index is 150. The van der Waals surface area contributed by atoms with Crippen LogP contribution < -0.4 is 0 Å². The summed E-state index contributed by atoms with van der Waals surface area (Å²) in [5, 5.41) is 35.0. The van der Waals surface area contributed by atoms with Crippen LogP contribution in [0.15, 0.2) is 0 Å². The first-order valence-corrected chi connectivity index (χ1v) is 3.96. The van der Waals surface area contributed by atoms with Crippen molar-refractivity contribution in [2.24, 2.45) is 0 Å². The predicted octanol–water partition coefficient (Wildman–Crippen LogP) is -1.97. The Morgan fingerprint density at radius 1 is 1.17 bits per heavy atom. The molecule has 0 spiro atoms. The van der Waals surface area contributed by atoms with Crippen LogP contribution in [0.25, 0.3) is 0 Å². The molecule has 0 amide bonds. The Hall–Kier alpha value is 0.0900. The van der Waals surface area contributed by atoms with Crippen molar-refractivity contribution >= 4 is 11.6 Å². The molecule has 0 aromatic heterocycles. The molecule has 0 aliphatic carbocycles. The summed E-state index contributed by atoms with van der Waals surface area (Å²) in [6.45, 7) is -0.473. The zero-order chi connectivity index (χ0) is 9.30. The minimum Gasteiger partial charge on any atom is -0.394 e. The van der Waals surface area contributed by atoms with Gasteiger partial charge in [-0.3, -0.25) is 0 Å². The van der Waals surface area contributed by atoms with Gasteiger partial charge in [-0.15, -0.1) is 11.6 Å². The van der Waals surface area contributed by atoms with Crippen LogP contribution in [0.2, 0.25) is 0 Å². The smallest absolute Gasteiger partial charge is 0.174 e. The van der Waals surface area contributed by atoms with Gasteiger partial charge in [-0.25, -0.2) is 0 Å². The van der Waals surface area contributed by atoms with E-state index in [1.54, 1.807) is 0 Å². The normalized spacial score (nSPS) is 49.2. The number of halogens is 1. The van der Waals surface area contributed by atoms with Crippen molar-refractivity contribution in [3.63, 3.8) is 0 Å². The minimum absolute atomic E-state index is 0.473. The molecule has 3 unspecified atom stereocenters. The van der Waals surface area contributed by atoms with E-state index < -0.39 is 36.6 Å². The number of aliphatic hydroxyl groups excluding tert-OH is 4. The molecule has 0 radical (unpaired) electrons. The standard InChI is InChI=1S/C6H11ClO5/c7-3-5(10)4(9)2(1-8)12-6(3)11/h2-6,8-11H,1H2/t2?,3?,4-,5+,6?/m1/s1. The molecule has 72 valence electrons. The largest absolute Gasteiger partial charge is 0.394 e. The van der Waals surface area contributed by atoms with Crippen LogP contribution in [0.5, 0.6) is 0 Å². The molecule has 0 bridgehead atoms. The van der Waals surface area contributed by atoms with Gasteiger partial charge >= 0.3 is 0 Å². The van der Waals surface area contributed by atoms with E-state index in [0.717, 1.165) is 0 Å². The molecule has 6 heteroatoms. The van der Waals surface area contributed by atoms with Crippen molar-refractivity contribution in [2.45, 2.75) is 30.0 Å². The van der Waals surface area contributed by atoms with Gasteiger partial charge in [-0.1, -0.05) is 0 Å². The molecule has 0 saturated carbocycles. The third-order valence-electron chi connectivity index (χ3n) is 1.82. The maximum Gasteiger partial charge on any atom is 0.174 e. The van der Waals surface area contributed by atoms with Crippen molar-refractivity contribution in [3.05, 3.63) is 0 Å². The van der Waals surface area contributed by atoms with E-state index in [9.17, 15) is 10.2 Å². The maximum atomic E-state index is 9.20. The lowest BCUT2D eigenvalue weighted by molar-refractivity contribution is -0.236. The Labute approximate surface area is 74.2 Å². The highest BCUT2D eigenvalue weighted by atomic mass is 35.5. The Balaban J connectivity index is 2.63. The molecule has 1 aliphatic rings. The van der Waals surface area contributed by atoms with Gasteiger partial charge in [0.2, 0.25) is 0 Å². The highest BCUT2D eigenvalue weighted by molar-refractivity contribution is 6.21. The third kappa shape index (κ3) is 1.71. The van der Waals surface area contributed by atoms with Gasteiger partial charge in [0.1, 0.15) is 23.7 Å². The second-order valence-corrected chi connectivity index (χ2v) is 3.18. The first kappa shape index (κ1) is 10.2. The summed E-state index contributed by atoms with van der Waals surface area (Å²) < 4.78 is 4.69. The number of rotatable bonds is 1. The van der Waals surface area contributed by atoms with Crippen molar-refractivity contribution in [3.8, 4) is 0 Å². The monoisotopic (exact) mass is 198 g/mol. The molecule has 1 heterocycles. The van der Waals surface area contributed by atoms with E-state index in [1.807, 2.05) is 0 Å². The molecule has 5 nitrogen and oxygen atoms in total. The first-order valence-electron chi connectivity index (χ1n) is 3.52. The predicted molar refractivity (Wildman–Crippen MR) is 39.6 cm³/mol. The van der Waals surface area contributed by atoms with Crippen molar-refractivity contribution in [2.75, 3.05) is 6.61 Å². The summed E-state index contributed by atoms with van der Waals surface area (Å²) in [6.07, 6.45) is -4.89. The zero-order valence-corrected chi connectivity index (χ0v) is 6.92. The fourth-order valence-corrected chi connectivity index (χ4v) is 1.27. The second kappa shape index (κ2) is 3.87. The van der Waals surface area contributed by atoms with Crippen molar-refractivity contribution in [1.82, 2.24) is 0 Å². The minimum atomic E-state index is -1.36. The summed E-state index contributed by atoms with van der Waals surface area (Å²) in [4.78, 5) is 0. The van der Waals surface area contributed by atoms with Gasteiger partial charge in [0, 0.05) is 0 Å². The van der Waals surface area contributed by atoms with E-state index in [2.05, 4.69) is 0 Å². The van der Waals surface area contributed by atoms with Crippen LogP contribution >= 0.6 is 11.6 Å². The summed E-state index contributed by atoms with van der Waals surface area (Å²) in [6, 6.07) is 0. The highest BCUT2D eigenvalue weighted by Crippen LogP contribution is 2.23. The quantitative estimate of drug-likeness (QED) is 0.367. The van der Waals surface area contributed by atoms with E-state index in [0.29, 0.717) is 0 Å². The lowest BCUT2D eigenvalue weighted by Crippen LogP contribution is -2.56. The highest BCUT2D eigenvalue weighted by Gasteiger charge is 2.42. The van der Waals surface area contributed by atoms with Gasteiger partial charge in [-0.2, -0.15) is 0 Å². The van der Waals surface area contributed by atoms with Crippen LogP contribution in [0, 0.1) is 0 Å². The average molecular weight is 199 g/mol. The summed E-state index contributed by atoms with van der Waals surface area (Å²) in [7, 11) is 0. The Morgan fingerprint density at radius 2 is 1.75 bits per heavy atom. The van der Waals surface area contributed by atoms with E-state index >= 15 is 0 Å². The van der Waals surface area contributed by atoms with Crippen LogP contribution in [0.3, 0.4) is 0 Å². The van der Waals surface area contributed by atoms with E-state index in [-0.39, 0.29) is 0 Å². The Morgan fingerprint density at radius 3 is 2.25 bits per heavy atom. The summed E-state index contributed by atoms with van der Waals surface area (Å²) in [5.74, 6) is 0. The van der Waals surface area contributed by atoms with Gasteiger partial charge in [-0.05, 0) is 0 Å². The topological polar surface area (TPSA) is 90.2 Å². The molecule has 1 rings (SSSR count). The maximum absolute atomic E-state index is 9.20. The van der Waals surface area contributed by atoms with Crippen LogP contribution in [-0.4, -0.2) is 57.0 Å². The molecule has 0 aromatic carbocycles. The second-order valence-electron chi connectivity index (χ2n) is 2.67. The van der Waals surface area contributed by atoms with Gasteiger partial charge in [0.25, 0.3) is 0 Å². The zero-order valence-electron chi connectivity index (χ0n) is 6.17. The first-order chi connectivity index (χ1) is 5.57. The summed E-state index contributed by atoms with van der Waals surface area (Å²) >= 11 is 5.47. The van der Waals surface area contributed by atoms with Crippen LogP contribution in [0.1, 0.15) is 0 Å². The van der Waals surface area contributed by atoms with E-state index in [4.69, 9.17) is 26.6 Å².